The first-order valence-corrected chi connectivity index (χ1v) is 7.48. The van der Waals surface area contributed by atoms with E-state index in [2.05, 4.69) is 15.1 Å². The summed E-state index contributed by atoms with van der Waals surface area (Å²) in [6, 6.07) is 1.77. The Bertz CT molecular complexity index is 661. The number of aromatic nitrogens is 4. The second-order valence-electron chi connectivity index (χ2n) is 5.01. The quantitative estimate of drug-likeness (QED) is 0.858. The van der Waals surface area contributed by atoms with Gasteiger partial charge in [-0.1, -0.05) is 11.6 Å². The van der Waals surface area contributed by atoms with Crippen LogP contribution in [0.2, 0.25) is 5.02 Å². The number of likely N-dealkylation sites (tertiary alicyclic amines) is 1. The molecule has 0 spiro atoms. The van der Waals surface area contributed by atoms with Crippen LogP contribution in [-0.4, -0.2) is 50.3 Å². The van der Waals surface area contributed by atoms with Crippen LogP contribution in [0.1, 0.15) is 29.7 Å². The maximum Gasteiger partial charge on any atom is 0.255 e. The van der Waals surface area contributed by atoms with Gasteiger partial charge in [-0.2, -0.15) is 5.10 Å². The van der Waals surface area contributed by atoms with Gasteiger partial charge in [-0.05, 0) is 19.4 Å². The van der Waals surface area contributed by atoms with Crippen molar-refractivity contribution in [2.75, 3.05) is 19.7 Å². The van der Waals surface area contributed by atoms with E-state index >= 15 is 0 Å². The van der Waals surface area contributed by atoms with Gasteiger partial charge in [0.15, 0.2) is 0 Å². The second kappa shape index (κ2) is 6.31. The summed E-state index contributed by atoms with van der Waals surface area (Å²) in [6.07, 6.45) is 5.53. The summed E-state index contributed by atoms with van der Waals surface area (Å²) in [5.41, 5.74) is 0.465. The molecule has 0 saturated carbocycles. The zero-order valence-electron chi connectivity index (χ0n) is 12.1. The molecule has 3 rings (SSSR count). The first kappa shape index (κ1) is 14.8. The number of carbonyl (C=O) groups excluding carboxylic acids is 1. The van der Waals surface area contributed by atoms with Crippen LogP contribution in [0.25, 0.3) is 0 Å². The van der Waals surface area contributed by atoms with Gasteiger partial charge in [-0.25, -0.2) is 14.6 Å². The maximum absolute atomic E-state index is 12.5. The Hall–Kier alpha value is -2.15. The zero-order chi connectivity index (χ0) is 15.5. The topological polar surface area (TPSA) is 73.1 Å². The van der Waals surface area contributed by atoms with Crippen LogP contribution in [0.5, 0.6) is 5.88 Å². The molecule has 8 heteroatoms. The Morgan fingerprint density at radius 2 is 2.41 bits per heavy atom. The summed E-state index contributed by atoms with van der Waals surface area (Å²) in [5, 5.41) is 4.48. The van der Waals surface area contributed by atoms with Crippen molar-refractivity contribution in [1.82, 2.24) is 24.6 Å². The van der Waals surface area contributed by atoms with Gasteiger partial charge >= 0.3 is 0 Å². The molecule has 2 aromatic heterocycles. The third-order valence-corrected chi connectivity index (χ3v) is 3.87. The van der Waals surface area contributed by atoms with E-state index in [1.165, 1.54) is 12.5 Å². The molecule has 1 aliphatic rings. The number of hydrogen-bond acceptors (Lipinski definition) is 5. The van der Waals surface area contributed by atoms with Crippen LogP contribution in [0, 0.1) is 0 Å². The normalized spacial score (nSPS) is 17.7. The van der Waals surface area contributed by atoms with E-state index in [0.717, 1.165) is 6.42 Å². The molecule has 0 radical (unpaired) electrons. The van der Waals surface area contributed by atoms with Crippen LogP contribution >= 0.6 is 11.6 Å². The first-order valence-electron chi connectivity index (χ1n) is 7.10. The minimum atomic E-state index is -0.0833. The van der Waals surface area contributed by atoms with Crippen molar-refractivity contribution < 1.29 is 9.53 Å². The lowest BCUT2D eigenvalue weighted by atomic mass is 10.2. The smallest absolute Gasteiger partial charge is 0.255 e. The molecule has 0 aromatic carbocycles. The molecule has 0 aliphatic carbocycles. The number of pyridine rings is 1. The standard InChI is InChI=1S/C14H16ClN5O2/c1-2-22-13-12(15)5-10(6-17-13)14(21)19-4-3-11(7-19)20-9-16-8-18-20/h5-6,8-9,11H,2-4,7H2,1H3/t11-/m1/s1. The van der Waals surface area contributed by atoms with E-state index in [0.29, 0.717) is 36.2 Å². The van der Waals surface area contributed by atoms with Crippen molar-refractivity contribution in [3.63, 3.8) is 0 Å². The Morgan fingerprint density at radius 1 is 1.55 bits per heavy atom. The number of nitrogens with zero attached hydrogens (tertiary/aromatic N) is 5. The lowest BCUT2D eigenvalue weighted by Gasteiger charge is -2.17. The van der Waals surface area contributed by atoms with Gasteiger partial charge in [0.2, 0.25) is 5.88 Å². The predicted octanol–water partition coefficient (Wildman–Crippen LogP) is 1.81. The van der Waals surface area contributed by atoms with E-state index < -0.39 is 0 Å². The Labute approximate surface area is 132 Å². The molecular weight excluding hydrogens is 306 g/mol. The highest BCUT2D eigenvalue weighted by atomic mass is 35.5. The van der Waals surface area contributed by atoms with Crippen molar-refractivity contribution in [1.29, 1.82) is 0 Å². The van der Waals surface area contributed by atoms with Crippen LogP contribution in [0.15, 0.2) is 24.9 Å². The zero-order valence-corrected chi connectivity index (χ0v) is 12.9. The second-order valence-corrected chi connectivity index (χ2v) is 5.42. The molecule has 1 saturated heterocycles. The van der Waals surface area contributed by atoms with E-state index in [1.54, 1.807) is 22.0 Å². The minimum absolute atomic E-state index is 0.0833. The highest BCUT2D eigenvalue weighted by molar-refractivity contribution is 6.32. The molecule has 0 bridgehead atoms. The van der Waals surface area contributed by atoms with Crippen LogP contribution in [-0.2, 0) is 0 Å². The van der Waals surface area contributed by atoms with Crippen LogP contribution in [0.3, 0.4) is 0 Å². The van der Waals surface area contributed by atoms with Crippen molar-refractivity contribution in [3.8, 4) is 5.88 Å². The number of carbonyl (C=O) groups is 1. The molecule has 22 heavy (non-hydrogen) atoms. The van der Waals surface area contributed by atoms with Gasteiger partial charge in [-0.15, -0.1) is 0 Å². The maximum atomic E-state index is 12.5. The predicted molar refractivity (Wildman–Crippen MR) is 80.0 cm³/mol. The lowest BCUT2D eigenvalue weighted by molar-refractivity contribution is 0.0786. The molecule has 1 aliphatic heterocycles. The van der Waals surface area contributed by atoms with Gasteiger partial charge in [-0.3, -0.25) is 4.79 Å². The van der Waals surface area contributed by atoms with Crippen LogP contribution in [0.4, 0.5) is 0 Å². The Kier molecular flexibility index (Phi) is 4.24. The number of ether oxygens (including phenoxy) is 1. The first-order chi connectivity index (χ1) is 10.7. The van der Waals surface area contributed by atoms with Crippen molar-refractivity contribution >= 4 is 17.5 Å². The largest absolute Gasteiger partial charge is 0.477 e. The monoisotopic (exact) mass is 321 g/mol. The summed E-state index contributed by atoms with van der Waals surface area (Å²) in [4.78, 5) is 22.3. The molecule has 1 atom stereocenters. The van der Waals surface area contributed by atoms with Gasteiger partial charge < -0.3 is 9.64 Å². The fraction of sp³-hybridized carbons (Fsp3) is 0.429. The molecule has 1 fully saturated rings. The van der Waals surface area contributed by atoms with E-state index in [9.17, 15) is 4.79 Å². The van der Waals surface area contributed by atoms with Gasteiger partial charge in [0, 0.05) is 19.3 Å². The summed E-state index contributed by atoms with van der Waals surface area (Å²) >= 11 is 6.09. The number of hydrogen-bond donors (Lipinski definition) is 0. The summed E-state index contributed by atoms with van der Waals surface area (Å²) in [7, 11) is 0. The van der Waals surface area contributed by atoms with Gasteiger partial charge in [0.1, 0.15) is 17.7 Å². The van der Waals surface area contributed by atoms with Crippen molar-refractivity contribution in [3.05, 3.63) is 35.5 Å². The number of amides is 1. The highest BCUT2D eigenvalue weighted by Crippen LogP contribution is 2.25. The fourth-order valence-electron chi connectivity index (χ4n) is 2.52. The third kappa shape index (κ3) is 2.89. The van der Waals surface area contributed by atoms with E-state index in [1.807, 2.05) is 6.92 Å². The molecule has 0 N–H and O–H groups in total. The Morgan fingerprint density at radius 3 is 3.09 bits per heavy atom. The summed E-state index contributed by atoms with van der Waals surface area (Å²) < 4.78 is 7.06. The lowest BCUT2D eigenvalue weighted by Crippen LogP contribution is -2.29. The number of halogens is 1. The summed E-state index contributed by atoms with van der Waals surface area (Å²) in [6.45, 7) is 3.61. The average molecular weight is 322 g/mol. The molecule has 0 unspecified atom stereocenters. The Balaban J connectivity index is 1.71. The highest BCUT2D eigenvalue weighted by Gasteiger charge is 2.29. The number of rotatable bonds is 4. The SMILES string of the molecule is CCOc1ncc(C(=O)N2CC[C@@H](n3cncn3)C2)cc1Cl. The molecular formula is C14H16ClN5O2. The van der Waals surface area contributed by atoms with E-state index in [-0.39, 0.29) is 11.9 Å². The van der Waals surface area contributed by atoms with Crippen molar-refractivity contribution in [2.45, 2.75) is 19.4 Å². The van der Waals surface area contributed by atoms with Crippen molar-refractivity contribution in [2.24, 2.45) is 0 Å². The van der Waals surface area contributed by atoms with Gasteiger partial charge in [0.05, 0.1) is 18.2 Å². The average Bonchev–Trinajstić information content (AvgIpc) is 3.19. The molecule has 1 amide bonds. The van der Waals surface area contributed by atoms with E-state index in [4.69, 9.17) is 16.3 Å². The fourth-order valence-corrected chi connectivity index (χ4v) is 2.74. The van der Waals surface area contributed by atoms with Crippen LogP contribution < -0.4 is 4.74 Å². The molecule has 2 aromatic rings. The molecule has 7 nitrogen and oxygen atoms in total. The third-order valence-electron chi connectivity index (χ3n) is 3.60. The minimum Gasteiger partial charge on any atom is -0.477 e. The summed E-state index contributed by atoms with van der Waals surface area (Å²) in [5.74, 6) is 0.266. The molecule has 116 valence electrons. The van der Waals surface area contributed by atoms with Gasteiger partial charge in [0.25, 0.3) is 5.91 Å². The molecule has 3 heterocycles.